The predicted octanol–water partition coefficient (Wildman–Crippen LogP) is 0.652. The summed E-state index contributed by atoms with van der Waals surface area (Å²) in [6.45, 7) is 7.34. The number of unbranched alkanes of at least 4 members (excludes halogenated alkanes) is 1. The minimum atomic E-state index is -1.15. The van der Waals surface area contributed by atoms with Crippen LogP contribution >= 0.6 is 0 Å². The first-order chi connectivity index (χ1) is 17.8. The van der Waals surface area contributed by atoms with Crippen molar-refractivity contribution in [1.82, 2.24) is 5.32 Å². The van der Waals surface area contributed by atoms with Crippen LogP contribution in [-0.2, 0) is 52.6 Å². The Balaban J connectivity index is 2.06. The summed E-state index contributed by atoms with van der Waals surface area (Å²) in [5.74, 6) is -1.14. The molecule has 1 heterocycles. The van der Waals surface area contributed by atoms with Gasteiger partial charge in [-0.3, -0.25) is 14.4 Å². The van der Waals surface area contributed by atoms with E-state index in [1.807, 2.05) is 6.92 Å². The molecule has 1 aliphatic rings. The maximum absolute atomic E-state index is 11.8. The zero-order valence-corrected chi connectivity index (χ0v) is 22.1. The third kappa shape index (κ3) is 17.3. The highest BCUT2D eigenvalue weighted by atomic mass is 17.2. The molecule has 1 fully saturated rings. The van der Waals surface area contributed by atoms with E-state index in [2.05, 4.69) is 5.32 Å². The molecule has 13 nitrogen and oxygen atoms in total. The SMILES string of the molecule is CCCOOCCCCNC(=O)CCOCCOCCOC1CC(OC(C)=O)C(O)C(COC(C)=O)O1. The van der Waals surface area contributed by atoms with E-state index in [0.717, 1.165) is 19.3 Å². The molecule has 0 aromatic rings. The molecular formula is C24H43NO12. The van der Waals surface area contributed by atoms with Gasteiger partial charge in [-0.25, -0.2) is 9.78 Å². The summed E-state index contributed by atoms with van der Waals surface area (Å²) in [5.41, 5.74) is 0. The summed E-state index contributed by atoms with van der Waals surface area (Å²) >= 11 is 0. The summed E-state index contributed by atoms with van der Waals surface area (Å²) in [7, 11) is 0. The zero-order chi connectivity index (χ0) is 27.3. The first kappa shape index (κ1) is 33.2. The number of ether oxygens (including phenoxy) is 6. The van der Waals surface area contributed by atoms with E-state index in [1.165, 1.54) is 13.8 Å². The molecule has 216 valence electrons. The summed E-state index contributed by atoms with van der Waals surface area (Å²) in [6, 6.07) is 0. The van der Waals surface area contributed by atoms with E-state index in [4.69, 9.17) is 38.2 Å². The van der Waals surface area contributed by atoms with Gasteiger partial charge in [0.2, 0.25) is 5.91 Å². The lowest BCUT2D eigenvalue weighted by Gasteiger charge is -2.38. The lowest BCUT2D eigenvalue weighted by molar-refractivity contribution is -0.294. The average molecular weight is 538 g/mol. The smallest absolute Gasteiger partial charge is 0.302 e. The zero-order valence-electron chi connectivity index (χ0n) is 22.1. The third-order valence-corrected chi connectivity index (χ3v) is 5.01. The Morgan fingerprint density at radius 2 is 1.62 bits per heavy atom. The van der Waals surface area contributed by atoms with Gasteiger partial charge in [0.15, 0.2) is 6.29 Å². The Hall–Kier alpha value is -1.87. The highest BCUT2D eigenvalue weighted by Crippen LogP contribution is 2.24. The number of aliphatic hydroxyl groups excluding tert-OH is 1. The Morgan fingerprint density at radius 1 is 0.919 bits per heavy atom. The van der Waals surface area contributed by atoms with Crippen LogP contribution in [0.15, 0.2) is 0 Å². The van der Waals surface area contributed by atoms with Crippen molar-refractivity contribution in [2.75, 3.05) is 59.4 Å². The molecule has 0 aromatic carbocycles. The Bertz CT molecular complexity index is 635. The highest BCUT2D eigenvalue weighted by Gasteiger charge is 2.40. The number of carbonyl (C=O) groups excluding carboxylic acids is 3. The van der Waals surface area contributed by atoms with Crippen molar-refractivity contribution in [3.8, 4) is 0 Å². The molecular weight excluding hydrogens is 494 g/mol. The predicted molar refractivity (Wildman–Crippen MR) is 128 cm³/mol. The third-order valence-electron chi connectivity index (χ3n) is 5.01. The first-order valence-electron chi connectivity index (χ1n) is 12.8. The van der Waals surface area contributed by atoms with Gasteiger partial charge in [0, 0.05) is 33.2 Å². The van der Waals surface area contributed by atoms with Crippen molar-refractivity contribution in [3.05, 3.63) is 0 Å². The molecule has 4 atom stereocenters. The van der Waals surface area contributed by atoms with Crippen LogP contribution in [0, 0.1) is 0 Å². The maximum Gasteiger partial charge on any atom is 0.302 e. The number of esters is 2. The molecule has 1 amide bonds. The van der Waals surface area contributed by atoms with Gasteiger partial charge < -0.3 is 38.8 Å². The van der Waals surface area contributed by atoms with Crippen LogP contribution in [0.4, 0.5) is 0 Å². The molecule has 2 N–H and O–H groups in total. The van der Waals surface area contributed by atoms with Crippen molar-refractivity contribution < 1.29 is 57.7 Å². The Kier molecular flexibility index (Phi) is 18.9. The van der Waals surface area contributed by atoms with E-state index < -0.39 is 36.5 Å². The number of rotatable bonds is 21. The van der Waals surface area contributed by atoms with Crippen molar-refractivity contribution in [3.63, 3.8) is 0 Å². The monoisotopic (exact) mass is 537 g/mol. The second kappa shape index (κ2) is 21.1. The Labute approximate surface area is 218 Å². The fraction of sp³-hybridized carbons (Fsp3) is 0.875. The molecule has 4 unspecified atom stereocenters. The van der Waals surface area contributed by atoms with Crippen LogP contribution in [-0.4, -0.2) is 107 Å². The minimum absolute atomic E-state index is 0.0749. The number of aliphatic hydroxyl groups is 1. The quantitative estimate of drug-likeness (QED) is 0.0913. The van der Waals surface area contributed by atoms with Crippen LogP contribution in [0.25, 0.3) is 0 Å². The molecule has 0 spiro atoms. The van der Waals surface area contributed by atoms with E-state index >= 15 is 0 Å². The largest absolute Gasteiger partial charge is 0.463 e. The lowest BCUT2D eigenvalue weighted by Crippen LogP contribution is -2.52. The number of carbonyl (C=O) groups is 3. The molecule has 1 aliphatic heterocycles. The fourth-order valence-corrected chi connectivity index (χ4v) is 3.20. The molecule has 1 saturated heterocycles. The summed E-state index contributed by atoms with van der Waals surface area (Å²) in [6.07, 6.45) is -0.744. The molecule has 0 aromatic heterocycles. The van der Waals surface area contributed by atoms with Gasteiger partial charge in [0.25, 0.3) is 0 Å². The van der Waals surface area contributed by atoms with Crippen molar-refractivity contribution in [2.24, 2.45) is 0 Å². The second-order valence-corrected chi connectivity index (χ2v) is 8.33. The summed E-state index contributed by atoms with van der Waals surface area (Å²) < 4.78 is 32.2. The molecule has 1 rings (SSSR count). The molecule has 0 radical (unpaired) electrons. The van der Waals surface area contributed by atoms with Crippen LogP contribution in [0.1, 0.15) is 52.9 Å². The summed E-state index contributed by atoms with van der Waals surface area (Å²) in [4.78, 5) is 44.1. The van der Waals surface area contributed by atoms with Crippen LogP contribution in [0.5, 0.6) is 0 Å². The van der Waals surface area contributed by atoms with Gasteiger partial charge in [0.05, 0.1) is 46.2 Å². The van der Waals surface area contributed by atoms with Gasteiger partial charge in [-0.15, -0.1) is 0 Å². The second-order valence-electron chi connectivity index (χ2n) is 8.33. The van der Waals surface area contributed by atoms with Gasteiger partial charge in [-0.2, -0.15) is 0 Å². The number of hydrogen-bond acceptors (Lipinski definition) is 12. The van der Waals surface area contributed by atoms with E-state index in [-0.39, 0.29) is 38.6 Å². The normalized spacial score (nSPS) is 21.4. The standard InChI is InChI=1S/C24H43NO12/c1-4-9-34-35-10-6-5-8-25-22(28)7-11-30-12-13-31-14-15-32-23-16-20(36-19(3)27)24(29)21(37-23)17-33-18(2)26/h20-21,23-24,29H,4-17H2,1-3H3,(H,25,28). The topological polar surface area (TPSA) is 157 Å². The van der Waals surface area contributed by atoms with Gasteiger partial charge >= 0.3 is 11.9 Å². The molecule has 0 saturated carbocycles. The van der Waals surface area contributed by atoms with E-state index in [0.29, 0.717) is 39.6 Å². The van der Waals surface area contributed by atoms with Gasteiger partial charge in [0.1, 0.15) is 24.9 Å². The molecule has 13 heteroatoms. The van der Waals surface area contributed by atoms with Gasteiger partial charge in [-0.05, 0) is 19.3 Å². The maximum atomic E-state index is 11.8. The fourth-order valence-electron chi connectivity index (χ4n) is 3.20. The summed E-state index contributed by atoms with van der Waals surface area (Å²) in [5, 5.41) is 13.2. The highest BCUT2D eigenvalue weighted by molar-refractivity contribution is 5.75. The van der Waals surface area contributed by atoms with Gasteiger partial charge in [-0.1, -0.05) is 6.92 Å². The molecule has 37 heavy (non-hydrogen) atoms. The van der Waals surface area contributed by atoms with Crippen LogP contribution in [0.3, 0.4) is 0 Å². The first-order valence-corrected chi connectivity index (χ1v) is 12.8. The van der Waals surface area contributed by atoms with Crippen LogP contribution in [0.2, 0.25) is 0 Å². The minimum Gasteiger partial charge on any atom is -0.463 e. The average Bonchev–Trinajstić information content (AvgIpc) is 2.85. The Morgan fingerprint density at radius 3 is 2.32 bits per heavy atom. The lowest BCUT2D eigenvalue weighted by atomic mass is 10.0. The van der Waals surface area contributed by atoms with E-state index in [9.17, 15) is 19.5 Å². The molecule has 0 aliphatic carbocycles. The van der Waals surface area contributed by atoms with Crippen molar-refractivity contribution in [2.45, 2.75) is 77.5 Å². The van der Waals surface area contributed by atoms with Crippen molar-refractivity contribution >= 4 is 17.8 Å². The van der Waals surface area contributed by atoms with Crippen LogP contribution < -0.4 is 5.32 Å². The molecule has 0 bridgehead atoms. The number of hydrogen-bond donors (Lipinski definition) is 2. The van der Waals surface area contributed by atoms with Crippen molar-refractivity contribution in [1.29, 1.82) is 0 Å². The number of amides is 1. The van der Waals surface area contributed by atoms with E-state index in [1.54, 1.807) is 0 Å². The number of nitrogens with one attached hydrogen (secondary N) is 1.